The van der Waals surface area contributed by atoms with Crippen LogP contribution in [0.4, 0.5) is 17.6 Å². The van der Waals surface area contributed by atoms with Crippen LogP contribution in [-0.4, -0.2) is 9.97 Å². The molecule has 0 saturated carbocycles. The van der Waals surface area contributed by atoms with Crippen LogP contribution in [0.25, 0.3) is 22.5 Å². The molecule has 2 aromatic carbocycles. The van der Waals surface area contributed by atoms with E-state index < -0.39 is 34.4 Å². The Bertz CT molecular complexity index is 1010. The lowest BCUT2D eigenvalue weighted by Crippen LogP contribution is -1.98. The van der Waals surface area contributed by atoms with Crippen LogP contribution in [0.15, 0.2) is 36.7 Å². The highest BCUT2D eigenvalue weighted by atomic mass is 19.1. The molecular formula is C21H15F4N3. The third-order valence-corrected chi connectivity index (χ3v) is 4.27. The van der Waals surface area contributed by atoms with E-state index >= 15 is 0 Å². The molecule has 28 heavy (non-hydrogen) atoms. The molecule has 0 spiro atoms. The first-order valence-electron chi connectivity index (χ1n) is 8.64. The van der Waals surface area contributed by atoms with Crippen LogP contribution in [0, 0.1) is 34.6 Å². The van der Waals surface area contributed by atoms with Crippen molar-refractivity contribution in [1.82, 2.24) is 9.97 Å². The highest BCUT2D eigenvalue weighted by Crippen LogP contribution is 2.31. The number of benzene rings is 2. The molecule has 3 aromatic rings. The first-order chi connectivity index (χ1) is 13.4. The molecule has 1 heterocycles. The largest absolute Gasteiger partial charge is 0.236 e. The second-order valence-electron chi connectivity index (χ2n) is 6.26. The second-order valence-corrected chi connectivity index (χ2v) is 6.26. The van der Waals surface area contributed by atoms with E-state index in [0.717, 1.165) is 49.1 Å². The Morgan fingerprint density at radius 1 is 0.857 bits per heavy atom. The lowest BCUT2D eigenvalue weighted by Gasteiger charge is -2.09. The molecule has 0 bridgehead atoms. The number of aromatic nitrogens is 2. The first kappa shape index (κ1) is 19.5. The molecule has 0 saturated heterocycles. The molecular weight excluding hydrogens is 370 g/mol. The van der Waals surface area contributed by atoms with Crippen molar-refractivity contribution >= 4 is 0 Å². The molecule has 3 nitrogen and oxygen atoms in total. The van der Waals surface area contributed by atoms with E-state index in [1.54, 1.807) is 12.4 Å². The van der Waals surface area contributed by atoms with Gasteiger partial charge in [0.1, 0.15) is 34.9 Å². The maximum Gasteiger partial charge on any atom is 0.159 e. The molecule has 142 valence electrons. The van der Waals surface area contributed by atoms with Crippen LogP contribution in [0.5, 0.6) is 0 Å². The Kier molecular flexibility index (Phi) is 5.69. The summed E-state index contributed by atoms with van der Waals surface area (Å²) in [4.78, 5) is 8.27. The van der Waals surface area contributed by atoms with Gasteiger partial charge in [-0.2, -0.15) is 5.26 Å². The van der Waals surface area contributed by atoms with Crippen LogP contribution >= 0.6 is 0 Å². The summed E-state index contributed by atoms with van der Waals surface area (Å²) in [7, 11) is 0. The van der Waals surface area contributed by atoms with Crippen LogP contribution < -0.4 is 0 Å². The highest BCUT2D eigenvalue weighted by Gasteiger charge is 2.19. The monoisotopic (exact) mass is 385 g/mol. The lowest BCUT2D eigenvalue weighted by molar-refractivity contribution is 0.573. The van der Waals surface area contributed by atoms with Crippen LogP contribution in [-0.2, 0) is 6.42 Å². The van der Waals surface area contributed by atoms with Crippen LogP contribution in [0.2, 0.25) is 0 Å². The number of nitrogens with zero attached hydrogens (tertiary/aromatic N) is 3. The summed E-state index contributed by atoms with van der Waals surface area (Å²) in [6.07, 6.45) is 6.03. The average molecular weight is 385 g/mol. The third kappa shape index (κ3) is 3.86. The minimum atomic E-state index is -1.19. The number of unbranched alkanes of at least 4 members (excludes halogenated alkanes) is 1. The molecule has 0 aliphatic rings. The highest BCUT2D eigenvalue weighted by molar-refractivity contribution is 5.70. The molecule has 0 unspecified atom stereocenters. The summed E-state index contributed by atoms with van der Waals surface area (Å²) in [5, 5.41) is 8.71. The van der Waals surface area contributed by atoms with Gasteiger partial charge in [0.2, 0.25) is 0 Å². The fourth-order valence-electron chi connectivity index (χ4n) is 2.82. The van der Waals surface area contributed by atoms with Gasteiger partial charge < -0.3 is 0 Å². The van der Waals surface area contributed by atoms with Gasteiger partial charge in [0, 0.05) is 18.0 Å². The number of hydrogen-bond acceptors (Lipinski definition) is 3. The average Bonchev–Trinajstić information content (AvgIpc) is 2.66. The maximum absolute atomic E-state index is 14.6. The molecule has 0 aliphatic heterocycles. The molecule has 3 rings (SSSR count). The zero-order valence-electron chi connectivity index (χ0n) is 14.9. The second kappa shape index (κ2) is 8.17. The van der Waals surface area contributed by atoms with Gasteiger partial charge in [0.25, 0.3) is 0 Å². The van der Waals surface area contributed by atoms with E-state index in [0.29, 0.717) is 0 Å². The van der Waals surface area contributed by atoms with Gasteiger partial charge in [-0.05, 0) is 48.2 Å². The van der Waals surface area contributed by atoms with Crippen molar-refractivity contribution in [3.05, 3.63) is 71.1 Å². The smallest absolute Gasteiger partial charge is 0.159 e. The summed E-state index contributed by atoms with van der Waals surface area (Å²) in [5.74, 6) is -4.27. The molecule has 7 heteroatoms. The maximum atomic E-state index is 14.6. The molecule has 0 amide bonds. The Morgan fingerprint density at radius 3 is 1.89 bits per heavy atom. The molecule has 0 N–H and O–H groups in total. The number of hydrogen-bond donors (Lipinski definition) is 0. The molecule has 0 fully saturated rings. The molecule has 0 atom stereocenters. The van der Waals surface area contributed by atoms with Gasteiger partial charge in [-0.25, -0.2) is 27.5 Å². The van der Waals surface area contributed by atoms with Gasteiger partial charge in [-0.3, -0.25) is 0 Å². The number of nitriles is 1. The van der Waals surface area contributed by atoms with Gasteiger partial charge in [0.05, 0.1) is 5.56 Å². The van der Waals surface area contributed by atoms with E-state index in [-0.39, 0.29) is 17.0 Å². The number of aryl methyl sites for hydroxylation is 1. The van der Waals surface area contributed by atoms with Gasteiger partial charge in [-0.1, -0.05) is 13.3 Å². The van der Waals surface area contributed by atoms with E-state index in [1.165, 1.54) is 6.07 Å². The van der Waals surface area contributed by atoms with Gasteiger partial charge >= 0.3 is 0 Å². The first-order valence-corrected chi connectivity index (χ1v) is 8.64. The number of halogens is 4. The summed E-state index contributed by atoms with van der Waals surface area (Å²) >= 11 is 0. The molecule has 0 radical (unpaired) electrons. The van der Waals surface area contributed by atoms with Gasteiger partial charge in [0.15, 0.2) is 5.82 Å². The predicted molar refractivity (Wildman–Crippen MR) is 96.1 cm³/mol. The fraction of sp³-hybridized carbons (Fsp3) is 0.190. The summed E-state index contributed by atoms with van der Waals surface area (Å²) in [6, 6.07) is 4.83. The van der Waals surface area contributed by atoms with Crippen molar-refractivity contribution in [2.75, 3.05) is 0 Å². The zero-order valence-corrected chi connectivity index (χ0v) is 14.9. The van der Waals surface area contributed by atoms with Crippen LogP contribution in [0.3, 0.4) is 0 Å². The SMILES string of the molecule is CCCCc1cnc(-c2cc(F)c(-c3cc(F)c(C#N)c(F)c3)c(F)c2)nc1. The van der Waals surface area contributed by atoms with E-state index in [9.17, 15) is 17.6 Å². The topological polar surface area (TPSA) is 49.6 Å². The van der Waals surface area contributed by atoms with Crippen molar-refractivity contribution < 1.29 is 17.6 Å². The van der Waals surface area contributed by atoms with E-state index in [4.69, 9.17) is 5.26 Å². The Labute approximate surface area is 159 Å². The van der Waals surface area contributed by atoms with Crippen LogP contribution in [0.1, 0.15) is 30.9 Å². The summed E-state index contributed by atoms with van der Waals surface area (Å²) in [5.41, 5.74) is -0.711. The van der Waals surface area contributed by atoms with Crippen molar-refractivity contribution in [1.29, 1.82) is 5.26 Å². The van der Waals surface area contributed by atoms with Crippen molar-refractivity contribution in [3.8, 4) is 28.6 Å². The normalized spacial score (nSPS) is 10.7. The van der Waals surface area contributed by atoms with E-state index in [2.05, 4.69) is 16.9 Å². The third-order valence-electron chi connectivity index (χ3n) is 4.27. The standard InChI is InChI=1S/C21H15F4N3/c1-2-3-4-12-10-27-21(28-11-12)14-7-18(24)20(19(25)8-14)13-5-16(22)15(9-26)17(23)6-13/h5-8,10-11H,2-4H2,1H3. The Hall–Kier alpha value is -3.27. The Balaban J connectivity index is 1.99. The van der Waals surface area contributed by atoms with E-state index in [1.807, 2.05) is 0 Å². The molecule has 0 aliphatic carbocycles. The van der Waals surface area contributed by atoms with Crippen molar-refractivity contribution in [2.24, 2.45) is 0 Å². The molecule has 1 aromatic heterocycles. The minimum Gasteiger partial charge on any atom is -0.236 e. The summed E-state index contributed by atoms with van der Waals surface area (Å²) in [6.45, 7) is 2.06. The lowest BCUT2D eigenvalue weighted by atomic mass is 10.00. The van der Waals surface area contributed by atoms with Gasteiger partial charge in [-0.15, -0.1) is 0 Å². The zero-order chi connectivity index (χ0) is 20.3. The predicted octanol–water partition coefficient (Wildman–Crippen LogP) is 5.58. The quantitative estimate of drug-likeness (QED) is 0.539. The van der Waals surface area contributed by atoms with Crippen molar-refractivity contribution in [2.45, 2.75) is 26.2 Å². The fourth-order valence-corrected chi connectivity index (χ4v) is 2.82. The number of rotatable bonds is 5. The van der Waals surface area contributed by atoms with Crippen molar-refractivity contribution in [3.63, 3.8) is 0 Å². The Morgan fingerprint density at radius 2 is 1.39 bits per heavy atom. The summed E-state index contributed by atoms with van der Waals surface area (Å²) < 4.78 is 56.7. The minimum absolute atomic E-state index is 0.107.